The quantitative estimate of drug-likeness (QED) is 0.383. The van der Waals surface area contributed by atoms with Gasteiger partial charge >= 0.3 is 5.97 Å². The van der Waals surface area contributed by atoms with E-state index in [1.165, 1.54) is 0 Å². The van der Waals surface area contributed by atoms with Gasteiger partial charge in [0.1, 0.15) is 29.1 Å². The van der Waals surface area contributed by atoms with Crippen molar-refractivity contribution in [2.75, 3.05) is 23.9 Å². The van der Waals surface area contributed by atoms with Crippen molar-refractivity contribution in [2.45, 2.75) is 49.1 Å². The van der Waals surface area contributed by atoms with Crippen molar-refractivity contribution < 1.29 is 28.6 Å². The summed E-state index contributed by atoms with van der Waals surface area (Å²) in [6.07, 6.45) is 0.437. The molecular formula is C32H29N3O6. The molecular weight excluding hydrogens is 522 g/mol. The third-order valence-electron chi connectivity index (χ3n) is 9.75. The highest BCUT2D eigenvalue weighted by Gasteiger charge is 2.84. The van der Waals surface area contributed by atoms with E-state index in [1.807, 2.05) is 42.5 Å². The largest absolute Gasteiger partial charge is 0.497 e. The molecule has 0 spiro atoms. The highest BCUT2D eigenvalue weighted by atomic mass is 16.6. The molecule has 2 amide bonds. The Labute approximate surface area is 237 Å². The van der Waals surface area contributed by atoms with E-state index in [4.69, 9.17) is 14.2 Å². The lowest BCUT2D eigenvalue weighted by Gasteiger charge is -2.53. The first-order valence-electron chi connectivity index (χ1n) is 14.1. The van der Waals surface area contributed by atoms with Crippen molar-refractivity contribution in [2.24, 2.45) is 5.41 Å². The molecule has 0 saturated carbocycles. The van der Waals surface area contributed by atoms with Gasteiger partial charge in [-0.1, -0.05) is 36.4 Å². The molecule has 8 rings (SSSR count). The van der Waals surface area contributed by atoms with Crippen LogP contribution in [0.4, 0.5) is 11.4 Å². The van der Waals surface area contributed by atoms with Gasteiger partial charge < -0.3 is 19.5 Å². The first kappa shape index (κ1) is 24.4. The monoisotopic (exact) mass is 551 g/mol. The Morgan fingerprint density at radius 2 is 1.68 bits per heavy atom. The van der Waals surface area contributed by atoms with E-state index in [1.54, 1.807) is 48.4 Å². The molecule has 5 heterocycles. The van der Waals surface area contributed by atoms with E-state index in [-0.39, 0.29) is 17.9 Å². The maximum Gasteiger partial charge on any atom is 0.333 e. The maximum atomic E-state index is 14.4. The minimum absolute atomic E-state index is 0.0564. The average molecular weight is 552 g/mol. The molecule has 5 aliphatic heterocycles. The molecule has 0 unspecified atom stereocenters. The minimum atomic E-state index is -1.26. The van der Waals surface area contributed by atoms with Crippen LogP contribution in [0.3, 0.4) is 0 Å². The van der Waals surface area contributed by atoms with Crippen LogP contribution in [0.2, 0.25) is 0 Å². The van der Waals surface area contributed by atoms with Gasteiger partial charge in [-0.2, -0.15) is 0 Å². The lowest BCUT2D eigenvalue weighted by Crippen LogP contribution is -2.75. The van der Waals surface area contributed by atoms with Crippen LogP contribution in [-0.2, 0) is 24.7 Å². The van der Waals surface area contributed by atoms with Crippen LogP contribution in [0.5, 0.6) is 11.5 Å². The Balaban J connectivity index is 1.30. The number of amides is 2. The molecule has 3 aromatic rings. The van der Waals surface area contributed by atoms with E-state index < -0.39 is 35.2 Å². The Hall–Kier alpha value is -4.37. The number of nitrogens with zero attached hydrogens (tertiary/aromatic N) is 2. The van der Waals surface area contributed by atoms with Gasteiger partial charge in [-0.3, -0.25) is 19.4 Å². The van der Waals surface area contributed by atoms with Crippen LogP contribution in [0.1, 0.15) is 24.8 Å². The van der Waals surface area contributed by atoms with Gasteiger partial charge in [0.2, 0.25) is 12.0 Å². The van der Waals surface area contributed by atoms with Crippen molar-refractivity contribution in [3.8, 4) is 11.5 Å². The number of benzene rings is 3. The second-order valence-electron chi connectivity index (χ2n) is 11.4. The number of carbonyl (C=O) groups is 3. The highest BCUT2D eigenvalue weighted by molar-refractivity contribution is 6.11. The summed E-state index contributed by atoms with van der Waals surface area (Å²) in [5, 5.41) is 3.12. The molecule has 4 fully saturated rings. The van der Waals surface area contributed by atoms with Gasteiger partial charge in [0.25, 0.3) is 5.91 Å². The summed E-state index contributed by atoms with van der Waals surface area (Å²) < 4.78 is 18.0. The second-order valence-corrected chi connectivity index (χ2v) is 11.4. The van der Waals surface area contributed by atoms with Crippen LogP contribution in [0, 0.1) is 5.41 Å². The number of nitrogens with one attached hydrogen (secondary N) is 1. The van der Waals surface area contributed by atoms with Crippen LogP contribution in [0.15, 0.2) is 78.9 Å². The smallest absolute Gasteiger partial charge is 0.333 e. The molecule has 3 aromatic carbocycles. The molecule has 9 heteroatoms. The SMILES string of the molecule is COc1ccc(N2C(=O)[C@H](Oc3ccccc3)[C@H]2[C@H]2OC(=O)[C@@]34c5ccccc5NC(=O)[C@@]23C[C@H]2CCCN24)cc1. The number of rotatable bonds is 5. The summed E-state index contributed by atoms with van der Waals surface area (Å²) in [7, 11) is 1.58. The normalized spacial score (nSPS) is 33.2. The van der Waals surface area contributed by atoms with Gasteiger partial charge in [0.05, 0.1) is 7.11 Å². The molecule has 4 saturated heterocycles. The molecule has 0 aromatic heterocycles. The van der Waals surface area contributed by atoms with Gasteiger partial charge in [0, 0.05) is 23.0 Å². The van der Waals surface area contributed by atoms with E-state index in [2.05, 4.69) is 10.2 Å². The second kappa shape index (κ2) is 8.57. The zero-order valence-corrected chi connectivity index (χ0v) is 22.5. The number of carbonyl (C=O) groups excluding carboxylic acids is 3. The number of anilines is 2. The standard InChI is InChI=1S/C32H29N3O6/c1-39-21-15-13-19(14-16-21)35-25(26(28(35)36)40-22-9-3-2-4-10-22)27-31-18-20-8-7-17-34(20)32(31,30(38)41-27)23-11-5-6-12-24(23)33-29(31)37/h2-6,9-16,20,25-27H,7-8,17-18H2,1H3,(H,33,37)/t20-,25+,26-,27-,31-,32+/m1/s1. The summed E-state index contributed by atoms with van der Waals surface area (Å²) in [5.74, 6) is 0.253. The number of ether oxygens (including phenoxy) is 3. The Bertz CT molecular complexity index is 1580. The molecule has 5 aliphatic rings. The fraction of sp³-hybridized carbons (Fsp3) is 0.344. The molecule has 208 valence electrons. The molecule has 0 aliphatic carbocycles. The number of hydrogen-bond acceptors (Lipinski definition) is 7. The summed E-state index contributed by atoms with van der Waals surface area (Å²) in [5.41, 5.74) is -0.489. The molecule has 6 atom stereocenters. The number of fused-ring (bicyclic) bond motifs is 2. The van der Waals surface area contributed by atoms with Crippen molar-refractivity contribution in [3.63, 3.8) is 0 Å². The van der Waals surface area contributed by atoms with Crippen molar-refractivity contribution in [3.05, 3.63) is 84.4 Å². The Morgan fingerprint density at radius 1 is 0.927 bits per heavy atom. The first-order valence-corrected chi connectivity index (χ1v) is 14.1. The fourth-order valence-corrected chi connectivity index (χ4v) is 8.17. The third-order valence-corrected chi connectivity index (χ3v) is 9.75. The Morgan fingerprint density at radius 3 is 2.46 bits per heavy atom. The minimum Gasteiger partial charge on any atom is -0.497 e. The fourth-order valence-electron chi connectivity index (χ4n) is 8.17. The lowest BCUT2D eigenvalue weighted by molar-refractivity contribution is -0.156. The first-order chi connectivity index (χ1) is 20.0. The number of cyclic esters (lactones) is 1. The van der Waals surface area contributed by atoms with Crippen molar-refractivity contribution in [1.82, 2.24) is 4.90 Å². The molecule has 41 heavy (non-hydrogen) atoms. The summed E-state index contributed by atoms with van der Waals surface area (Å²) in [4.78, 5) is 46.4. The summed E-state index contributed by atoms with van der Waals surface area (Å²) in [6.45, 7) is 0.700. The topological polar surface area (TPSA) is 97.4 Å². The predicted molar refractivity (Wildman–Crippen MR) is 149 cm³/mol. The lowest BCUT2D eigenvalue weighted by atomic mass is 9.59. The number of β-lactam (4-membered cyclic amide) rings is 1. The number of para-hydroxylation sites is 2. The molecule has 9 nitrogen and oxygen atoms in total. The third kappa shape index (κ3) is 2.96. The van der Waals surface area contributed by atoms with Crippen molar-refractivity contribution in [1.29, 1.82) is 0 Å². The predicted octanol–water partition coefficient (Wildman–Crippen LogP) is 3.49. The van der Waals surface area contributed by atoms with E-state index in [0.29, 0.717) is 35.8 Å². The number of esters is 1. The van der Waals surface area contributed by atoms with Crippen LogP contribution in [-0.4, -0.2) is 60.6 Å². The van der Waals surface area contributed by atoms with Gasteiger partial charge in [-0.25, -0.2) is 4.79 Å². The number of methoxy groups -OCH3 is 1. The van der Waals surface area contributed by atoms with Gasteiger partial charge in [-0.05, 0) is 68.3 Å². The summed E-state index contributed by atoms with van der Waals surface area (Å²) in [6, 6.07) is 23.2. The zero-order chi connectivity index (χ0) is 27.9. The average Bonchev–Trinajstić information content (AvgIpc) is 3.65. The summed E-state index contributed by atoms with van der Waals surface area (Å²) >= 11 is 0. The van der Waals surface area contributed by atoms with E-state index in [0.717, 1.165) is 18.4 Å². The number of hydrogen-bond donors (Lipinski definition) is 1. The molecule has 0 bridgehead atoms. The molecule has 1 N–H and O–H groups in total. The Kier molecular flexibility index (Phi) is 5.10. The highest BCUT2D eigenvalue weighted by Crippen LogP contribution is 2.68. The van der Waals surface area contributed by atoms with E-state index in [9.17, 15) is 14.4 Å². The van der Waals surface area contributed by atoms with Gasteiger partial charge in [-0.15, -0.1) is 0 Å². The van der Waals surface area contributed by atoms with E-state index >= 15 is 0 Å². The maximum absolute atomic E-state index is 14.4. The van der Waals surface area contributed by atoms with Crippen LogP contribution >= 0.6 is 0 Å². The van der Waals surface area contributed by atoms with Crippen LogP contribution < -0.4 is 19.7 Å². The zero-order valence-electron chi connectivity index (χ0n) is 22.5. The molecule has 0 radical (unpaired) electrons. The van der Waals surface area contributed by atoms with Gasteiger partial charge in [0.15, 0.2) is 5.54 Å². The van der Waals surface area contributed by atoms with Crippen molar-refractivity contribution >= 4 is 29.2 Å². The van der Waals surface area contributed by atoms with Crippen LogP contribution in [0.25, 0.3) is 0 Å².